The maximum atomic E-state index is 9.93. The Bertz CT molecular complexity index is 103. The van der Waals surface area contributed by atoms with Crippen molar-refractivity contribution < 1.29 is 19.4 Å². The Morgan fingerprint density at radius 3 is 2.55 bits per heavy atom. The van der Waals surface area contributed by atoms with Gasteiger partial charge < -0.3 is 14.6 Å². The first-order chi connectivity index (χ1) is 5.27. The molecule has 0 aliphatic rings. The van der Waals surface area contributed by atoms with Crippen molar-refractivity contribution in [2.24, 2.45) is 0 Å². The smallest absolute Gasteiger partial charge is 0.329 e. The van der Waals surface area contributed by atoms with Gasteiger partial charge in [-0.1, -0.05) is 0 Å². The number of hydrogen-bond donors (Lipinski definition) is 1. The SMILES string of the molecule is CCOCCCOCC(=O)O. The molecule has 0 saturated heterocycles. The standard InChI is InChI=1S/C7H14O4/c1-2-10-4-3-5-11-6-7(8)9/h2-6H2,1H3,(H,8,9). The normalized spacial score (nSPS) is 9.91. The van der Waals surface area contributed by atoms with Gasteiger partial charge in [0.25, 0.3) is 0 Å². The van der Waals surface area contributed by atoms with Gasteiger partial charge in [-0.25, -0.2) is 4.79 Å². The summed E-state index contributed by atoms with van der Waals surface area (Å²) in [4.78, 5) is 9.93. The summed E-state index contributed by atoms with van der Waals surface area (Å²) >= 11 is 0. The first-order valence-corrected chi connectivity index (χ1v) is 3.64. The molecule has 0 aromatic rings. The molecule has 0 aromatic heterocycles. The second kappa shape index (κ2) is 7.50. The van der Waals surface area contributed by atoms with Crippen LogP contribution in [0.15, 0.2) is 0 Å². The molecular weight excluding hydrogens is 148 g/mol. The van der Waals surface area contributed by atoms with E-state index in [4.69, 9.17) is 14.6 Å². The Balaban J connectivity index is 2.85. The average molecular weight is 162 g/mol. The molecule has 0 aromatic carbocycles. The molecule has 1 N–H and O–H groups in total. The molecular formula is C7H14O4. The van der Waals surface area contributed by atoms with E-state index in [2.05, 4.69) is 0 Å². The van der Waals surface area contributed by atoms with Gasteiger partial charge in [0.2, 0.25) is 0 Å². The van der Waals surface area contributed by atoms with Gasteiger partial charge in [-0.05, 0) is 13.3 Å². The summed E-state index contributed by atoms with van der Waals surface area (Å²) < 4.78 is 9.78. The van der Waals surface area contributed by atoms with Crippen LogP contribution in [0.5, 0.6) is 0 Å². The van der Waals surface area contributed by atoms with Crippen molar-refractivity contribution in [2.75, 3.05) is 26.4 Å². The zero-order valence-corrected chi connectivity index (χ0v) is 6.71. The summed E-state index contributed by atoms with van der Waals surface area (Å²) in [5.74, 6) is -0.929. The van der Waals surface area contributed by atoms with Crippen LogP contribution in [0.1, 0.15) is 13.3 Å². The van der Waals surface area contributed by atoms with Crippen LogP contribution in [-0.2, 0) is 14.3 Å². The third kappa shape index (κ3) is 9.39. The first-order valence-electron chi connectivity index (χ1n) is 3.64. The topological polar surface area (TPSA) is 55.8 Å². The molecule has 0 aliphatic carbocycles. The largest absolute Gasteiger partial charge is 0.480 e. The summed E-state index contributed by atoms with van der Waals surface area (Å²) in [5.41, 5.74) is 0. The Morgan fingerprint density at radius 1 is 1.36 bits per heavy atom. The van der Waals surface area contributed by atoms with Gasteiger partial charge >= 0.3 is 5.97 Å². The lowest BCUT2D eigenvalue weighted by atomic mass is 10.5. The van der Waals surface area contributed by atoms with E-state index in [-0.39, 0.29) is 6.61 Å². The maximum Gasteiger partial charge on any atom is 0.329 e. The van der Waals surface area contributed by atoms with Crippen LogP contribution in [0.25, 0.3) is 0 Å². The van der Waals surface area contributed by atoms with Gasteiger partial charge in [-0.15, -0.1) is 0 Å². The van der Waals surface area contributed by atoms with E-state index >= 15 is 0 Å². The molecule has 0 unspecified atom stereocenters. The molecule has 0 bridgehead atoms. The Morgan fingerprint density at radius 2 is 2.00 bits per heavy atom. The van der Waals surface area contributed by atoms with Crippen LogP contribution in [0.4, 0.5) is 0 Å². The van der Waals surface area contributed by atoms with Gasteiger partial charge in [0.15, 0.2) is 0 Å². The lowest BCUT2D eigenvalue weighted by molar-refractivity contribution is -0.142. The van der Waals surface area contributed by atoms with E-state index in [0.29, 0.717) is 19.8 Å². The van der Waals surface area contributed by atoms with Crippen LogP contribution >= 0.6 is 0 Å². The molecule has 0 amide bonds. The highest BCUT2D eigenvalue weighted by molar-refractivity contribution is 5.67. The van der Waals surface area contributed by atoms with Crippen LogP contribution in [0.2, 0.25) is 0 Å². The average Bonchev–Trinajstić information content (AvgIpc) is 1.96. The Hall–Kier alpha value is -0.610. The first kappa shape index (κ1) is 10.4. The zero-order valence-electron chi connectivity index (χ0n) is 6.71. The number of aliphatic carboxylic acids is 1. The van der Waals surface area contributed by atoms with Crippen molar-refractivity contribution in [1.82, 2.24) is 0 Å². The van der Waals surface area contributed by atoms with Crippen molar-refractivity contribution >= 4 is 5.97 Å². The predicted octanol–water partition coefficient (Wildman–Crippen LogP) is 0.514. The maximum absolute atomic E-state index is 9.93. The third-order valence-corrected chi connectivity index (χ3v) is 1.01. The van der Waals surface area contributed by atoms with Crippen LogP contribution in [0.3, 0.4) is 0 Å². The third-order valence-electron chi connectivity index (χ3n) is 1.01. The van der Waals surface area contributed by atoms with E-state index in [1.807, 2.05) is 6.92 Å². The fraction of sp³-hybridized carbons (Fsp3) is 0.857. The van der Waals surface area contributed by atoms with Gasteiger partial charge in [0.1, 0.15) is 6.61 Å². The Labute approximate surface area is 66.1 Å². The highest BCUT2D eigenvalue weighted by atomic mass is 16.5. The fourth-order valence-corrected chi connectivity index (χ4v) is 0.567. The van der Waals surface area contributed by atoms with Crippen molar-refractivity contribution in [2.45, 2.75) is 13.3 Å². The van der Waals surface area contributed by atoms with Crippen molar-refractivity contribution in [3.8, 4) is 0 Å². The fourth-order valence-electron chi connectivity index (χ4n) is 0.567. The van der Waals surface area contributed by atoms with Crippen molar-refractivity contribution in [1.29, 1.82) is 0 Å². The summed E-state index contributed by atoms with van der Waals surface area (Å²) in [6.45, 7) is 3.48. The highest BCUT2D eigenvalue weighted by Gasteiger charge is 1.94. The molecule has 0 atom stereocenters. The summed E-state index contributed by atoms with van der Waals surface area (Å²) in [6.07, 6.45) is 0.751. The summed E-state index contributed by atoms with van der Waals surface area (Å²) in [6, 6.07) is 0. The number of hydrogen-bond acceptors (Lipinski definition) is 3. The number of carboxylic acid groups (broad SMARTS) is 1. The van der Waals surface area contributed by atoms with Crippen LogP contribution < -0.4 is 0 Å². The molecule has 0 fully saturated rings. The Kier molecular flexibility index (Phi) is 7.08. The second-order valence-corrected chi connectivity index (χ2v) is 2.00. The zero-order chi connectivity index (χ0) is 8.53. The van der Waals surface area contributed by atoms with Crippen molar-refractivity contribution in [3.05, 3.63) is 0 Å². The number of carboxylic acids is 1. The quantitative estimate of drug-likeness (QED) is 0.554. The van der Waals surface area contributed by atoms with E-state index in [0.717, 1.165) is 6.42 Å². The minimum Gasteiger partial charge on any atom is -0.480 e. The second-order valence-electron chi connectivity index (χ2n) is 2.00. The molecule has 0 radical (unpaired) electrons. The number of ether oxygens (including phenoxy) is 2. The molecule has 66 valence electrons. The van der Waals surface area contributed by atoms with Crippen LogP contribution in [-0.4, -0.2) is 37.5 Å². The number of rotatable bonds is 7. The summed E-state index contributed by atoms with van der Waals surface area (Å²) in [5, 5.41) is 8.16. The molecule has 0 heterocycles. The van der Waals surface area contributed by atoms with Crippen LogP contribution in [0, 0.1) is 0 Å². The van der Waals surface area contributed by atoms with Gasteiger partial charge in [0, 0.05) is 19.8 Å². The molecule has 0 rings (SSSR count). The molecule has 4 heteroatoms. The van der Waals surface area contributed by atoms with E-state index in [9.17, 15) is 4.79 Å². The van der Waals surface area contributed by atoms with E-state index in [1.54, 1.807) is 0 Å². The highest BCUT2D eigenvalue weighted by Crippen LogP contribution is 1.84. The predicted molar refractivity (Wildman–Crippen MR) is 39.6 cm³/mol. The molecule has 11 heavy (non-hydrogen) atoms. The minimum absolute atomic E-state index is 0.216. The van der Waals surface area contributed by atoms with Gasteiger partial charge in [-0.3, -0.25) is 0 Å². The molecule has 0 saturated carbocycles. The molecule has 4 nitrogen and oxygen atoms in total. The number of carbonyl (C=O) groups is 1. The lowest BCUT2D eigenvalue weighted by Crippen LogP contribution is -2.09. The molecule has 0 aliphatic heterocycles. The van der Waals surface area contributed by atoms with Crippen molar-refractivity contribution in [3.63, 3.8) is 0 Å². The summed E-state index contributed by atoms with van der Waals surface area (Å²) in [7, 11) is 0. The van der Waals surface area contributed by atoms with Gasteiger partial charge in [-0.2, -0.15) is 0 Å². The minimum atomic E-state index is -0.929. The monoisotopic (exact) mass is 162 g/mol. The van der Waals surface area contributed by atoms with Gasteiger partial charge in [0.05, 0.1) is 0 Å². The van der Waals surface area contributed by atoms with E-state index in [1.165, 1.54) is 0 Å². The molecule has 0 spiro atoms. The lowest BCUT2D eigenvalue weighted by Gasteiger charge is -2.00. The van der Waals surface area contributed by atoms with E-state index < -0.39 is 5.97 Å².